The van der Waals surface area contributed by atoms with Crippen LogP contribution in [0.25, 0.3) is 0 Å². The maximum atomic E-state index is 8.80. The van der Waals surface area contributed by atoms with Gasteiger partial charge in [0, 0.05) is 11.3 Å². The SMILES string of the molecule is CC(C)Oc1ccccc1CSc1ncc(C#N)c(N)n1. The van der Waals surface area contributed by atoms with Crippen molar-refractivity contribution in [2.24, 2.45) is 0 Å². The Kier molecular flexibility index (Phi) is 5.01. The predicted molar refractivity (Wildman–Crippen MR) is 82.9 cm³/mol. The van der Waals surface area contributed by atoms with Crippen LogP contribution in [0, 0.1) is 11.3 Å². The van der Waals surface area contributed by atoms with Crippen LogP contribution in [0.2, 0.25) is 0 Å². The number of hydrogen-bond donors (Lipinski definition) is 1. The number of nitrogen functional groups attached to an aromatic ring is 1. The number of nitriles is 1. The van der Waals surface area contributed by atoms with E-state index >= 15 is 0 Å². The first kappa shape index (κ1) is 15.1. The molecule has 0 bridgehead atoms. The van der Waals surface area contributed by atoms with Crippen LogP contribution < -0.4 is 10.5 Å². The number of aromatic nitrogens is 2. The summed E-state index contributed by atoms with van der Waals surface area (Å²) in [4.78, 5) is 8.24. The first-order chi connectivity index (χ1) is 10.1. The van der Waals surface area contributed by atoms with Crippen LogP contribution in [-0.4, -0.2) is 16.1 Å². The Bertz CT molecular complexity index is 667. The Balaban J connectivity index is 2.10. The number of nitrogens with two attached hydrogens (primary N) is 1. The van der Waals surface area contributed by atoms with Crippen LogP contribution in [0.4, 0.5) is 5.82 Å². The lowest BCUT2D eigenvalue weighted by atomic mass is 10.2. The average Bonchev–Trinajstić information content (AvgIpc) is 2.46. The summed E-state index contributed by atoms with van der Waals surface area (Å²) >= 11 is 1.46. The number of ether oxygens (including phenoxy) is 1. The summed E-state index contributed by atoms with van der Waals surface area (Å²) in [7, 11) is 0. The van der Waals surface area contributed by atoms with Crippen LogP contribution >= 0.6 is 11.8 Å². The molecule has 0 saturated carbocycles. The fraction of sp³-hybridized carbons (Fsp3) is 0.267. The highest BCUT2D eigenvalue weighted by Crippen LogP contribution is 2.27. The molecule has 0 aliphatic carbocycles. The van der Waals surface area contributed by atoms with Gasteiger partial charge in [-0.1, -0.05) is 30.0 Å². The van der Waals surface area contributed by atoms with Crippen LogP contribution in [-0.2, 0) is 5.75 Å². The molecule has 0 unspecified atom stereocenters. The van der Waals surface area contributed by atoms with Gasteiger partial charge < -0.3 is 10.5 Å². The zero-order chi connectivity index (χ0) is 15.2. The topological polar surface area (TPSA) is 84.8 Å². The van der Waals surface area contributed by atoms with E-state index in [0.717, 1.165) is 11.3 Å². The van der Waals surface area contributed by atoms with E-state index in [4.69, 9.17) is 15.7 Å². The molecule has 0 spiro atoms. The van der Waals surface area contributed by atoms with Crippen molar-refractivity contribution in [1.82, 2.24) is 9.97 Å². The third-order valence-corrected chi connectivity index (χ3v) is 3.52. The van der Waals surface area contributed by atoms with Gasteiger partial charge in [0.25, 0.3) is 0 Å². The van der Waals surface area contributed by atoms with Gasteiger partial charge in [0.15, 0.2) is 5.16 Å². The van der Waals surface area contributed by atoms with E-state index < -0.39 is 0 Å². The lowest BCUT2D eigenvalue weighted by Gasteiger charge is -2.13. The Hall–Kier alpha value is -2.26. The minimum Gasteiger partial charge on any atom is -0.491 e. The predicted octanol–water partition coefficient (Wildman–Crippen LogP) is 3.01. The third kappa shape index (κ3) is 4.10. The zero-order valence-electron chi connectivity index (χ0n) is 11.9. The Morgan fingerprint density at radius 1 is 1.38 bits per heavy atom. The smallest absolute Gasteiger partial charge is 0.189 e. The molecule has 21 heavy (non-hydrogen) atoms. The maximum Gasteiger partial charge on any atom is 0.189 e. The minimum absolute atomic E-state index is 0.123. The molecule has 1 aromatic carbocycles. The monoisotopic (exact) mass is 300 g/mol. The van der Waals surface area contributed by atoms with Crippen molar-refractivity contribution in [2.75, 3.05) is 5.73 Å². The van der Waals surface area contributed by atoms with Crippen LogP contribution in [0.15, 0.2) is 35.6 Å². The van der Waals surface area contributed by atoms with E-state index in [2.05, 4.69) is 9.97 Å². The summed E-state index contributed by atoms with van der Waals surface area (Å²) in [5.41, 5.74) is 7.05. The summed E-state index contributed by atoms with van der Waals surface area (Å²) in [5, 5.41) is 9.35. The van der Waals surface area contributed by atoms with Gasteiger partial charge in [-0.15, -0.1) is 0 Å². The van der Waals surface area contributed by atoms with Crippen LogP contribution in [0.3, 0.4) is 0 Å². The molecule has 0 fully saturated rings. The molecule has 1 aromatic heterocycles. The average molecular weight is 300 g/mol. The van der Waals surface area contributed by atoms with Crippen molar-refractivity contribution in [3.8, 4) is 11.8 Å². The summed E-state index contributed by atoms with van der Waals surface area (Å²) in [6.07, 6.45) is 1.57. The lowest BCUT2D eigenvalue weighted by molar-refractivity contribution is 0.240. The molecule has 2 aromatic rings. The van der Waals surface area contributed by atoms with Crippen molar-refractivity contribution in [2.45, 2.75) is 30.9 Å². The van der Waals surface area contributed by atoms with Gasteiger partial charge in [0.2, 0.25) is 0 Å². The van der Waals surface area contributed by atoms with Crippen molar-refractivity contribution in [3.05, 3.63) is 41.6 Å². The molecule has 5 nitrogen and oxygen atoms in total. The standard InChI is InChI=1S/C15H16N4OS/c1-10(2)20-13-6-4-3-5-11(13)9-21-15-18-8-12(7-16)14(17)19-15/h3-6,8,10H,9H2,1-2H3,(H2,17,18,19). The number of thioether (sulfide) groups is 1. The molecule has 6 heteroatoms. The number of anilines is 1. The molecule has 0 atom stereocenters. The molecule has 0 aliphatic heterocycles. The number of rotatable bonds is 5. The van der Waals surface area contributed by atoms with Gasteiger partial charge in [0.1, 0.15) is 23.2 Å². The van der Waals surface area contributed by atoms with E-state index in [1.54, 1.807) is 0 Å². The normalized spacial score (nSPS) is 10.4. The van der Waals surface area contributed by atoms with Gasteiger partial charge in [-0.2, -0.15) is 5.26 Å². The summed E-state index contributed by atoms with van der Waals surface area (Å²) in [5.74, 6) is 1.75. The minimum atomic E-state index is 0.123. The van der Waals surface area contributed by atoms with E-state index in [-0.39, 0.29) is 11.9 Å². The number of para-hydroxylation sites is 1. The van der Waals surface area contributed by atoms with Gasteiger partial charge in [0.05, 0.1) is 12.3 Å². The quantitative estimate of drug-likeness (QED) is 0.675. The number of nitrogens with zero attached hydrogens (tertiary/aromatic N) is 3. The molecule has 0 aliphatic rings. The highest BCUT2D eigenvalue weighted by molar-refractivity contribution is 7.98. The lowest BCUT2D eigenvalue weighted by Crippen LogP contribution is -2.07. The maximum absolute atomic E-state index is 8.80. The van der Waals surface area contributed by atoms with E-state index in [1.165, 1.54) is 18.0 Å². The summed E-state index contributed by atoms with van der Waals surface area (Å²) in [6, 6.07) is 9.82. The van der Waals surface area contributed by atoms with Gasteiger partial charge in [-0.3, -0.25) is 0 Å². The molecule has 108 valence electrons. The molecule has 0 amide bonds. The Morgan fingerprint density at radius 2 is 2.14 bits per heavy atom. The highest BCUT2D eigenvalue weighted by Gasteiger charge is 2.08. The van der Waals surface area contributed by atoms with Gasteiger partial charge >= 0.3 is 0 Å². The Morgan fingerprint density at radius 3 is 2.81 bits per heavy atom. The van der Waals surface area contributed by atoms with Crippen LogP contribution in [0.1, 0.15) is 25.0 Å². The van der Waals surface area contributed by atoms with Gasteiger partial charge in [-0.25, -0.2) is 9.97 Å². The van der Waals surface area contributed by atoms with Crippen molar-refractivity contribution >= 4 is 17.6 Å². The summed E-state index contributed by atoms with van der Waals surface area (Å²) in [6.45, 7) is 3.99. The molecular formula is C15H16N4OS. The largest absolute Gasteiger partial charge is 0.491 e. The van der Waals surface area contributed by atoms with Crippen molar-refractivity contribution in [1.29, 1.82) is 5.26 Å². The first-order valence-electron chi connectivity index (χ1n) is 6.50. The number of hydrogen-bond acceptors (Lipinski definition) is 6. The second-order valence-corrected chi connectivity index (χ2v) is 5.57. The fourth-order valence-electron chi connectivity index (χ4n) is 1.67. The van der Waals surface area contributed by atoms with E-state index in [9.17, 15) is 0 Å². The first-order valence-corrected chi connectivity index (χ1v) is 7.48. The summed E-state index contributed by atoms with van der Waals surface area (Å²) < 4.78 is 5.77. The molecular weight excluding hydrogens is 284 g/mol. The van der Waals surface area contributed by atoms with E-state index in [0.29, 0.717) is 16.5 Å². The molecule has 2 rings (SSSR count). The Labute approximate surface area is 128 Å². The molecule has 0 radical (unpaired) electrons. The van der Waals surface area contributed by atoms with Crippen molar-refractivity contribution < 1.29 is 4.74 Å². The molecule has 1 heterocycles. The number of benzene rings is 1. The van der Waals surface area contributed by atoms with Crippen molar-refractivity contribution in [3.63, 3.8) is 0 Å². The van der Waals surface area contributed by atoms with Crippen LogP contribution in [0.5, 0.6) is 5.75 Å². The second kappa shape index (κ2) is 6.95. The third-order valence-electron chi connectivity index (χ3n) is 2.61. The van der Waals surface area contributed by atoms with E-state index in [1.807, 2.05) is 44.2 Å². The molecule has 2 N–H and O–H groups in total. The van der Waals surface area contributed by atoms with Gasteiger partial charge in [-0.05, 0) is 19.9 Å². The zero-order valence-corrected chi connectivity index (χ0v) is 12.7. The second-order valence-electron chi connectivity index (χ2n) is 4.63. The highest BCUT2D eigenvalue weighted by atomic mass is 32.2. The fourth-order valence-corrected chi connectivity index (χ4v) is 2.48. The molecule has 0 saturated heterocycles.